The van der Waals surface area contributed by atoms with Crippen LogP contribution in [0.2, 0.25) is 0 Å². The molecule has 1 N–H and O–H groups in total. The second-order valence-corrected chi connectivity index (χ2v) is 3.84. The van der Waals surface area contributed by atoms with Crippen molar-refractivity contribution in [3.05, 3.63) is 0 Å². The highest BCUT2D eigenvalue weighted by atomic mass is 16.5. The first kappa shape index (κ1) is 11.9. The van der Waals surface area contributed by atoms with Gasteiger partial charge in [-0.25, -0.2) is 0 Å². The number of ether oxygens (including phenoxy) is 1. The highest BCUT2D eigenvalue weighted by Gasteiger charge is 2.09. The molecule has 74 valence electrons. The van der Waals surface area contributed by atoms with E-state index in [2.05, 4.69) is 33.0 Å². The second-order valence-electron chi connectivity index (χ2n) is 3.84. The monoisotopic (exact) mass is 173 g/mol. The molecule has 0 amide bonds. The Morgan fingerprint density at radius 3 is 2.17 bits per heavy atom. The Bertz CT molecular complexity index is 104. The molecule has 2 nitrogen and oxygen atoms in total. The van der Waals surface area contributed by atoms with Gasteiger partial charge in [0.15, 0.2) is 0 Å². The van der Waals surface area contributed by atoms with Gasteiger partial charge >= 0.3 is 0 Å². The smallest absolute Gasteiger partial charge is 0.0697 e. The first-order chi connectivity index (χ1) is 5.57. The first-order valence-electron chi connectivity index (χ1n) is 4.86. The maximum atomic E-state index is 5.64. The van der Waals surface area contributed by atoms with Gasteiger partial charge in [0, 0.05) is 12.6 Å². The van der Waals surface area contributed by atoms with Crippen molar-refractivity contribution in [2.45, 2.75) is 46.3 Å². The zero-order valence-electron chi connectivity index (χ0n) is 9.05. The predicted octanol–water partition coefficient (Wildman–Crippen LogP) is 2.05. The fraction of sp³-hybridized carbons (Fsp3) is 1.00. The molecule has 0 fully saturated rings. The van der Waals surface area contributed by atoms with Gasteiger partial charge in [-0.1, -0.05) is 13.8 Å². The van der Waals surface area contributed by atoms with Crippen molar-refractivity contribution in [1.82, 2.24) is 5.32 Å². The Hall–Kier alpha value is -0.0800. The fourth-order valence-electron chi connectivity index (χ4n) is 0.869. The van der Waals surface area contributed by atoms with E-state index in [0.717, 1.165) is 18.9 Å². The van der Waals surface area contributed by atoms with Gasteiger partial charge in [-0.3, -0.25) is 0 Å². The average molecular weight is 173 g/mol. The van der Waals surface area contributed by atoms with Crippen molar-refractivity contribution < 1.29 is 4.74 Å². The zero-order chi connectivity index (χ0) is 9.56. The van der Waals surface area contributed by atoms with Crippen molar-refractivity contribution >= 4 is 0 Å². The molecule has 2 atom stereocenters. The normalized spacial score (nSPS) is 16.5. The lowest BCUT2D eigenvalue weighted by atomic mass is 10.1. The summed E-state index contributed by atoms with van der Waals surface area (Å²) in [6, 6.07) is 0.442. The number of rotatable bonds is 6. The van der Waals surface area contributed by atoms with Crippen LogP contribution in [0.25, 0.3) is 0 Å². The molecule has 0 aliphatic heterocycles. The highest BCUT2D eigenvalue weighted by molar-refractivity contribution is 4.65. The van der Waals surface area contributed by atoms with Crippen LogP contribution in [0.1, 0.15) is 34.1 Å². The van der Waals surface area contributed by atoms with Gasteiger partial charge in [0.1, 0.15) is 0 Å². The summed E-state index contributed by atoms with van der Waals surface area (Å²) < 4.78 is 5.64. The minimum Gasteiger partial charge on any atom is -0.377 e. The highest BCUT2D eigenvalue weighted by Crippen LogP contribution is 2.03. The van der Waals surface area contributed by atoms with Gasteiger partial charge in [-0.05, 0) is 33.2 Å². The molecule has 0 saturated carbocycles. The molecular formula is C10H23NO. The molecule has 2 unspecified atom stereocenters. The first-order valence-corrected chi connectivity index (χ1v) is 4.86. The van der Waals surface area contributed by atoms with Crippen molar-refractivity contribution in [3.63, 3.8) is 0 Å². The third-order valence-corrected chi connectivity index (χ3v) is 2.24. The van der Waals surface area contributed by atoms with Crippen LogP contribution in [0, 0.1) is 5.92 Å². The van der Waals surface area contributed by atoms with Gasteiger partial charge in [-0.15, -0.1) is 0 Å². The second kappa shape index (κ2) is 6.44. The Morgan fingerprint density at radius 2 is 1.75 bits per heavy atom. The summed E-state index contributed by atoms with van der Waals surface area (Å²) in [4.78, 5) is 0. The molecule has 0 spiro atoms. The number of nitrogens with one attached hydrogen (secondary N) is 1. The Kier molecular flexibility index (Phi) is 6.39. The van der Waals surface area contributed by atoms with E-state index in [-0.39, 0.29) is 0 Å². The average Bonchev–Trinajstić information content (AvgIpc) is 2.02. The van der Waals surface area contributed by atoms with Crippen LogP contribution in [-0.2, 0) is 4.74 Å². The standard InChI is InChI=1S/C10H23NO/c1-8(2)6-7-12-10(4)9(3)11-5/h8-11H,6-7H2,1-5H3. The summed E-state index contributed by atoms with van der Waals surface area (Å²) in [7, 11) is 1.97. The van der Waals surface area contributed by atoms with E-state index in [1.165, 1.54) is 0 Å². The minimum absolute atomic E-state index is 0.314. The summed E-state index contributed by atoms with van der Waals surface area (Å²) in [5.41, 5.74) is 0. The van der Waals surface area contributed by atoms with E-state index >= 15 is 0 Å². The third-order valence-electron chi connectivity index (χ3n) is 2.24. The van der Waals surface area contributed by atoms with Gasteiger partial charge < -0.3 is 10.1 Å². The minimum atomic E-state index is 0.314. The molecular weight excluding hydrogens is 150 g/mol. The third kappa shape index (κ3) is 5.56. The maximum absolute atomic E-state index is 5.64. The van der Waals surface area contributed by atoms with Crippen LogP contribution in [0.4, 0.5) is 0 Å². The molecule has 12 heavy (non-hydrogen) atoms. The molecule has 0 aromatic rings. The molecule has 0 rings (SSSR count). The van der Waals surface area contributed by atoms with Crippen LogP contribution >= 0.6 is 0 Å². The van der Waals surface area contributed by atoms with Gasteiger partial charge in [-0.2, -0.15) is 0 Å². The molecule has 0 bridgehead atoms. The molecule has 0 radical (unpaired) electrons. The summed E-state index contributed by atoms with van der Waals surface area (Å²) in [5.74, 6) is 0.738. The topological polar surface area (TPSA) is 21.3 Å². The van der Waals surface area contributed by atoms with E-state index < -0.39 is 0 Å². The molecule has 0 aromatic carbocycles. The van der Waals surface area contributed by atoms with Crippen LogP contribution in [0.3, 0.4) is 0 Å². The number of likely N-dealkylation sites (N-methyl/N-ethyl adjacent to an activating group) is 1. The van der Waals surface area contributed by atoms with Crippen molar-refractivity contribution in [1.29, 1.82) is 0 Å². The lowest BCUT2D eigenvalue weighted by Gasteiger charge is -2.20. The van der Waals surface area contributed by atoms with Crippen LogP contribution < -0.4 is 5.32 Å². The van der Waals surface area contributed by atoms with Crippen molar-refractivity contribution in [2.24, 2.45) is 5.92 Å². The predicted molar refractivity (Wildman–Crippen MR) is 53.4 cm³/mol. The molecule has 0 aliphatic rings. The fourth-order valence-corrected chi connectivity index (χ4v) is 0.869. The van der Waals surface area contributed by atoms with Gasteiger partial charge in [0.25, 0.3) is 0 Å². The van der Waals surface area contributed by atoms with Crippen molar-refractivity contribution in [2.75, 3.05) is 13.7 Å². The summed E-state index contributed by atoms with van der Waals surface area (Å²) in [5, 5.41) is 3.18. The lowest BCUT2D eigenvalue weighted by Crippen LogP contribution is -2.34. The maximum Gasteiger partial charge on any atom is 0.0697 e. The molecule has 2 heteroatoms. The Morgan fingerprint density at radius 1 is 1.17 bits per heavy atom. The van der Waals surface area contributed by atoms with E-state index in [4.69, 9.17) is 4.74 Å². The SMILES string of the molecule is CNC(C)C(C)OCCC(C)C. The summed E-state index contributed by atoms with van der Waals surface area (Å²) in [6.07, 6.45) is 1.47. The number of hydrogen-bond acceptors (Lipinski definition) is 2. The zero-order valence-corrected chi connectivity index (χ0v) is 9.05. The Balaban J connectivity index is 3.37. The van der Waals surface area contributed by atoms with Crippen LogP contribution in [0.15, 0.2) is 0 Å². The molecule has 0 aliphatic carbocycles. The van der Waals surface area contributed by atoms with Crippen LogP contribution in [-0.4, -0.2) is 25.8 Å². The van der Waals surface area contributed by atoms with E-state index in [1.807, 2.05) is 7.05 Å². The van der Waals surface area contributed by atoms with E-state index in [0.29, 0.717) is 12.1 Å². The van der Waals surface area contributed by atoms with Gasteiger partial charge in [0.05, 0.1) is 6.10 Å². The quantitative estimate of drug-likeness (QED) is 0.663. The van der Waals surface area contributed by atoms with E-state index in [9.17, 15) is 0 Å². The number of hydrogen-bond donors (Lipinski definition) is 1. The summed E-state index contributed by atoms with van der Waals surface area (Å²) >= 11 is 0. The Labute approximate surface area is 76.7 Å². The largest absolute Gasteiger partial charge is 0.377 e. The van der Waals surface area contributed by atoms with E-state index in [1.54, 1.807) is 0 Å². The lowest BCUT2D eigenvalue weighted by molar-refractivity contribution is 0.0389. The molecule has 0 saturated heterocycles. The molecule has 0 aromatic heterocycles. The van der Waals surface area contributed by atoms with Gasteiger partial charge in [0.2, 0.25) is 0 Å². The van der Waals surface area contributed by atoms with Crippen LogP contribution in [0.5, 0.6) is 0 Å². The molecule has 0 heterocycles. The summed E-state index contributed by atoms with van der Waals surface area (Å²) in [6.45, 7) is 9.57. The van der Waals surface area contributed by atoms with Crippen molar-refractivity contribution in [3.8, 4) is 0 Å².